The van der Waals surface area contributed by atoms with Crippen LogP contribution in [0.25, 0.3) is 0 Å². The van der Waals surface area contributed by atoms with Crippen LogP contribution in [0.15, 0.2) is 42.6 Å². The van der Waals surface area contributed by atoms with Crippen LogP contribution in [0.5, 0.6) is 0 Å². The molecule has 2 aromatic rings. The molecule has 3 nitrogen and oxygen atoms in total. The van der Waals surface area contributed by atoms with Gasteiger partial charge in [-0.25, -0.2) is 4.98 Å². The summed E-state index contributed by atoms with van der Waals surface area (Å²) in [5, 5.41) is 12.5. The molecule has 0 amide bonds. The van der Waals surface area contributed by atoms with E-state index in [2.05, 4.69) is 10.3 Å². The second kappa shape index (κ2) is 5.33. The molecule has 84 valence electrons. The van der Waals surface area contributed by atoms with E-state index in [1.54, 1.807) is 12.1 Å². The predicted octanol–water partition coefficient (Wildman–Crippen LogP) is 3.22. The van der Waals surface area contributed by atoms with Crippen molar-refractivity contribution in [2.45, 2.75) is 6.54 Å². The van der Waals surface area contributed by atoms with Crippen molar-refractivity contribution in [3.05, 3.63) is 58.7 Å². The average Bonchev–Trinajstić information content (AvgIpc) is 2.38. The fourth-order valence-corrected chi connectivity index (χ4v) is 1.59. The normalized spacial score (nSPS) is 9.65. The molecule has 0 aliphatic heterocycles. The first-order valence-corrected chi connectivity index (χ1v) is 5.51. The van der Waals surface area contributed by atoms with Crippen molar-refractivity contribution in [1.29, 1.82) is 5.26 Å². The number of nitrogens with zero attached hydrogens (tertiary/aromatic N) is 2. The van der Waals surface area contributed by atoms with Gasteiger partial charge in [-0.2, -0.15) is 5.26 Å². The maximum absolute atomic E-state index is 8.64. The van der Waals surface area contributed by atoms with Crippen LogP contribution in [0.2, 0.25) is 5.02 Å². The quantitative estimate of drug-likeness (QED) is 0.901. The Hall–Kier alpha value is -2.05. The maximum atomic E-state index is 8.64. The van der Waals surface area contributed by atoms with Crippen molar-refractivity contribution in [1.82, 2.24) is 4.98 Å². The number of aromatic nitrogens is 1. The van der Waals surface area contributed by atoms with E-state index >= 15 is 0 Å². The van der Waals surface area contributed by atoms with Crippen molar-refractivity contribution < 1.29 is 0 Å². The Morgan fingerprint density at radius 1 is 1.24 bits per heavy atom. The fourth-order valence-electron chi connectivity index (χ4n) is 1.39. The highest BCUT2D eigenvalue weighted by molar-refractivity contribution is 6.31. The maximum Gasteiger partial charge on any atom is 0.126 e. The Bertz CT molecular complexity index is 543. The summed E-state index contributed by atoms with van der Waals surface area (Å²) in [5.74, 6) is 0.726. The molecule has 0 saturated carbocycles. The smallest absolute Gasteiger partial charge is 0.126 e. The minimum absolute atomic E-state index is 0.549. The number of nitriles is 1. The second-order valence-electron chi connectivity index (χ2n) is 3.49. The van der Waals surface area contributed by atoms with Crippen LogP contribution in [-0.4, -0.2) is 4.98 Å². The number of hydrogen-bond donors (Lipinski definition) is 1. The molecule has 0 bridgehead atoms. The summed E-state index contributed by atoms with van der Waals surface area (Å²) in [7, 11) is 0. The monoisotopic (exact) mass is 243 g/mol. The third-order valence-electron chi connectivity index (χ3n) is 2.31. The van der Waals surface area contributed by atoms with Crippen LogP contribution >= 0.6 is 11.6 Å². The first-order chi connectivity index (χ1) is 8.29. The number of nitrogens with one attached hydrogen (secondary N) is 1. The van der Waals surface area contributed by atoms with E-state index in [1.165, 1.54) is 6.20 Å². The Balaban J connectivity index is 2.03. The largest absolute Gasteiger partial charge is 0.366 e. The van der Waals surface area contributed by atoms with E-state index < -0.39 is 0 Å². The highest BCUT2D eigenvalue weighted by atomic mass is 35.5. The van der Waals surface area contributed by atoms with Crippen molar-refractivity contribution in [2.24, 2.45) is 0 Å². The van der Waals surface area contributed by atoms with Gasteiger partial charge in [0.1, 0.15) is 11.9 Å². The molecule has 2 rings (SSSR count). The van der Waals surface area contributed by atoms with Gasteiger partial charge in [0.2, 0.25) is 0 Å². The van der Waals surface area contributed by atoms with Crippen LogP contribution in [-0.2, 0) is 6.54 Å². The fraction of sp³-hybridized carbons (Fsp3) is 0.0769. The first kappa shape index (κ1) is 11.4. The Morgan fingerprint density at radius 3 is 2.71 bits per heavy atom. The molecule has 0 unspecified atom stereocenters. The number of benzene rings is 1. The van der Waals surface area contributed by atoms with Crippen molar-refractivity contribution in [2.75, 3.05) is 5.32 Å². The lowest BCUT2D eigenvalue weighted by atomic mass is 10.2. The summed E-state index contributed by atoms with van der Waals surface area (Å²) in [5.41, 5.74) is 1.56. The molecule has 0 spiro atoms. The highest BCUT2D eigenvalue weighted by Gasteiger charge is 1.99. The number of hydrogen-bond acceptors (Lipinski definition) is 3. The zero-order valence-electron chi connectivity index (χ0n) is 9.02. The van der Waals surface area contributed by atoms with Gasteiger partial charge >= 0.3 is 0 Å². The third kappa shape index (κ3) is 2.96. The molecule has 1 N–H and O–H groups in total. The topological polar surface area (TPSA) is 48.7 Å². The van der Waals surface area contributed by atoms with Gasteiger partial charge in [0.15, 0.2) is 0 Å². The van der Waals surface area contributed by atoms with E-state index in [1.807, 2.05) is 30.3 Å². The molecule has 0 aliphatic carbocycles. The molecular formula is C13H10ClN3. The molecule has 17 heavy (non-hydrogen) atoms. The number of halogens is 1. The van der Waals surface area contributed by atoms with Crippen LogP contribution in [0.3, 0.4) is 0 Å². The van der Waals surface area contributed by atoms with E-state index in [9.17, 15) is 0 Å². The van der Waals surface area contributed by atoms with Gasteiger partial charge < -0.3 is 5.32 Å². The zero-order valence-corrected chi connectivity index (χ0v) is 9.78. The molecule has 0 fully saturated rings. The highest BCUT2D eigenvalue weighted by Crippen LogP contribution is 2.16. The molecule has 0 atom stereocenters. The van der Waals surface area contributed by atoms with Gasteiger partial charge in [-0.15, -0.1) is 0 Å². The minimum Gasteiger partial charge on any atom is -0.366 e. The summed E-state index contributed by atoms with van der Waals surface area (Å²) in [6.45, 7) is 0.610. The second-order valence-corrected chi connectivity index (χ2v) is 3.90. The molecule has 1 heterocycles. The Morgan fingerprint density at radius 2 is 2.06 bits per heavy atom. The molecule has 0 saturated heterocycles. The summed E-state index contributed by atoms with van der Waals surface area (Å²) in [6.07, 6.45) is 1.54. The van der Waals surface area contributed by atoms with Gasteiger partial charge in [-0.1, -0.05) is 29.8 Å². The molecule has 0 radical (unpaired) electrons. The van der Waals surface area contributed by atoms with Crippen molar-refractivity contribution in [3.8, 4) is 6.07 Å². The summed E-state index contributed by atoms with van der Waals surface area (Å²) in [6, 6.07) is 13.2. The van der Waals surface area contributed by atoms with Gasteiger partial charge in [0, 0.05) is 17.8 Å². The van der Waals surface area contributed by atoms with E-state index in [0.29, 0.717) is 12.1 Å². The van der Waals surface area contributed by atoms with Crippen LogP contribution in [0.4, 0.5) is 5.82 Å². The van der Waals surface area contributed by atoms with Crippen LogP contribution in [0.1, 0.15) is 11.1 Å². The first-order valence-electron chi connectivity index (χ1n) is 5.13. The Labute approximate surface area is 105 Å². The van der Waals surface area contributed by atoms with Gasteiger partial charge in [-0.05, 0) is 23.8 Å². The number of rotatable bonds is 3. The van der Waals surface area contributed by atoms with E-state index in [4.69, 9.17) is 16.9 Å². The number of pyridine rings is 1. The van der Waals surface area contributed by atoms with E-state index in [0.717, 1.165) is 16.4 Å². The third-order valence-corrected chi connectivity index (χ3v) is 2.68. The van der Waals surface area contributed by atoms with Gasteiger partial charge in [0.05, 0.1) is 5.56 Å². The standard InChI is InChI=1S/C13H10ClN3/c14-12-4-2-1-3-11(12)9-17-13-6-5-10(7-15)8-16-13/h1-6,8H,9H2,(H,16,17). The van der Waals surface area contributed by atoms with E-state index in [-0.39, 0.29) is 0 Å². The summed E-state index contributed by atoms with van der Waals surface area (Å²) in [4.78, 5) is 4.12. The van der Waals surface area contributed by atoms with Gasteiger partial charge in [-0.3, -0.25) is 0 Å². The summed E-state index contributed by atoms with van der Waals surface area (Å²) >= 11 is 6.03. The zero-order chi connectivity index (χ0) is 12.1. The van der Waals surface area contributed by atoms with Crippen LogP contribution < -0.4 is 5.32 Å². The Kier molecular flexibility index (Phi) is 3.59. The lowest BCUT2D eigenvalue weighted by Gasteiger charge is -2.06. The van der Waals surface area contributed by atoms with Crippen molar-refractivity contribution >= 4 is 17.4 Å². The average molecular weight is 244 g/mol. The minimum atomic E-state index is 0.549. The van der Waals surface area contributed by atoms with Gasteiger partial charge in [0.25, 0.3) is 0 Å². The molecule has 1 aromatic carbocycles. The van der Waals surface area contributed by atoms with Crippen LogP contribution in [0, 0.1) is 11.3 Å². The predicted molar refractivity (Wildman–Crippen MR) is 67.7 cm³/mol. The van der Waals surface area contributed by atoms with Crippen molar-refractivity contribution in [3.63, 3.8) is 0 Å². The lowest BCUT2D eigenvalue weighted by molar-refractivity contribution is 1.11. The molecule has 4 heteroatoms. The lowest BCUT2D eigenvalue weighted by Crippen LogP contribution is -2.01. The summed E-state index contributed by atoms with van der Waals surface area (Å²) < 4.78 is 0. The molecular weight excluding hydrogens is 234 g/mol. The molecule has 0 aliphatic rings. The number of anilines is 1. The molecule has 1 aromatic heterocycles. The SMILES string of the molecule is N#Cc1ccc(NCc2ccccc2Cl)nc1.